The Morgan fingerprint density at radius 2 is 1.02 bits per heavy atom. The highest BCUT2D eigenvalue weighted by molar-refractivity contribution is 8.00. The molecule has 2 aliphatic rings. The highest BCUT2D eigenvalue weighted by Crippen LogP contribution is 2.26. The summed E-state index contributed by atoms with van der Waals surface area (Å²) in [6.07, 6.45) is 4.82. The number of hydrogen-bond donors (Lipinski definition) is 12. The summed E-state index contributed by atoms with van der Waals surface area (Å²) in [5.74, 6) is -12.2. The first-order chi connectivity index (χ1) is 52.8. The number of imidazole rings is 1. The lowest BCUT2D eigenvalue weighted by atomic mass is 9.97. The van der Waals surface area contributed by atoms with E-state index in [1.165, 1.54) is 43.2 Å². The number of Topliss-reactive ketones (excluding diaryl/α,β-unsaturated/α-hetero) is 1. The topological polar surface area (TPSA) is 393 Å². The van der Waals surface area contributed by atoms with Gasteiger partial charge in [0.25, 0.3) is 0 Å². The van der Waals surface area contributed by atoms with E-state index >= 15 is 33.6 Å². The highest BCUT2D eigenvalue weighted by Gasteiger charge is 2.43. The molecule has 111 heavy (non-hydrogen) atoms. The predicted octanol–water partition coefficient (Wildman–Crippen LogP) is 4.52. The molecule has 2 aromatic heterocycles. The molecular weight excluding hydrogens is 1440 g/mol. The maximum absolute atomic E-state index is 15.3. The lowest BCUT2D eigenvalue weighted by Gasteiger charge is -2.34. The van der Waals surface area contributed by atoms with Gasteiger partial charge in [0.05, 0.1) is 23.8 Å². The number of nitrogens with one attached hydrogen (secondary N) is 12. The largest absolute Gasteiger partial charge is 0.361 e. The monoisotopic (exact) mass is 1540 g/mol. The van der Waals surface area contributed by atoms with Gasteiger partial charge >= 0.3 is 0 Å². The SMILES string of the molecule is CC(C)C[C@@H]1NC(=O)[C@H](C(C)C)NC(=O)[C@H](Cc2ccccc2)N(C)C(=O)[C@H](Cc2c[nH]cn2)NC(=O)[C@H](C)NC(=O)[C@H](C)NC(=O)CSC[C@@H](C(=O)C(C)C)NC(=O)C(C(C)C)NC(=O)[C@H](Cc2c[nH]c3ccccc23)NC(=O)C(C(C)C)NC(=O)[C@H](Cc2ccc(-c3ccccc3)cc2)NC(=O)[C@@H]2CCCN2C1=O. The van der Waals surface area contributed by atoms with Crippen molar-refractivity contribution in [2.45, 2.75) is 201 Å². The number of aromatic amines is 2. The van der Waals surface area contributed by atoms with Crippen LogP contribution >= 0.6 is 11.8 Å². The van der Waals surface area contributed by atoms with Gasteiger partial charge in [0, 0.05) is 74.2 Å². The maximum atomic E-state index is 15.3. The summed E-state index contributed by atoms with van der Waals surface area (Å²) < 4.78 is 0. The van der Waals surface area contributed by atoms with Crippen LogP contribution in [0.3, 0.4) is 0 Å². The molecule has 0 bridgehead atoms. The summed E-state index contributed by atoms with van der Waals surface area (Å²) in [4.78, 5) is 204. The van der Waals surface area contributed by atoms with Crippen molar-refractivity contribution in [3.05, 3.63) is 150 Å². The van der Waals surface area contributed by atoms with Crippen molar-refractivity contribution in [3.63, 3.8) is 0 Å². The average Bonchev–Trinajstić information content (AvgIpc) is 1.77. The van der Waals surface area contributed by atoms with E-state index < -0.39 is 167 Å². The van der Waals surface area contributed by atoms with Crippen molar-refractivity contribution < 1.29 is 62.3 Å². The third-order valence-corrected chi connectivity index (χ3v) is 21.0. The van der Waals surface area contributed by atoms with Gasteiger partial charge in [-0.1, -0.05) is 172 Å². The number of benzene rings is 4. The number of thioether (sulfide) groups is 1. The summed E-state index contributed by atoms with van der Waals surface area (Å²) in [5, 5.41) is 28.9. The summed E-state index contributed by atoms with van der Waals surface area (Å²) in [6.45, 7) is 20.1. The number of carbonyl (C=O) groups excluding carboxylic acids is 13. The summed E-state index contributed by atoms with van der Waals surface area (Å²) in [7, 11) is 1.39. The number of hydrogen-bond acceptors (Lipinski definition) is 15. The molecule has 2 unspecified atom stereocenters. The molecule has 2 aliphatic heterocycles. The lowest BCUT2D eigenvalue weighted by Crippen LogP contribution is -2.62. The fourth-order valence-electron chi connectivity index (χ4n) is 13.6. The van der Waals surface area contributed by atoms with E-state index in [4.69, 9.17) is 0 Å². The Bertz CT molecular complexity index is 4230. The number of carbonyl (C=O) groups is 13. The van der Waals surface area contributed by atoms with Gasteiger partial charge in [-0.25, -0.2) is 4.98 Å². The Balaban J connectivity index is 1.15. The average molecular weight is 1540 g/mol. The predicted molar refractivity (Wildman–Crippen MR) is 423 cm³/mol. The van der Waals surface area contributed by atoms with Gasteiger partial charge in [0.1, 0.15) is 66.5 Å². The van der Waals surface area contributed by atoms with Crippen molar-refractivity contribution in [1.82, 2.24) is 77.9 Å². The van der Waals surface area contributed by atoms with Crippen molar-refractivity contribution in [2.75, 3.05) is 25.1 Å². The van der Waals surface area contributed by atoms with E-state index in [9.17, 15) is 28.8 Å². The molecule has 0 spiro atoms. The molecule has 0 aliphatic carbocycles. The van der Waals surface area contributed by atoms with Crippen LogP contribution < -0.4 is 53.2 Å². The molecule has 28 nitrogen and oxygen atoms in total. The number of ketones is 1. The first-order valence-corrected chi connectivity index (χ1v) is 39.4. The minimum Gasteiger partial charge on any atom is -0.361 e. The minimum absolute atomic E-state index is 0.0676. The van der Waals surface area contributed by atoms with Crippen molar-refractivity contribution in [1.29, 1.82) is 0 Å². The molecule has 4 aromatic carbocycles. The molecule has 8 rings (SSSR count). The molecule has 4 heterocycles. The number of para-hydroxylation sites is 1. The fraction of sp³-hybridized carbons (Fsp3) is 0.488. The van der Waals surface area contributed by atoms with Crippen LogP contribution in [0.15, 0.2) is 128 Å². The molecule has 2 fully saturated rings. The zero-order valence-corrected chi connectivity index (χ0v) is 66.4. The number of H-pyrrole nitrogens is 2. The molecular formula is C82H109N15O13S. The number of aromatic nitrogens is 3. The first-order valence-electron chi connectivity index (χ1n) is 38.2. The third kappa shape index (κ3) is 23.9. The van der Waals surface area contributed by atoms with E-state index in [0.29, 0.717) is 28.8 Å². The zero-order chi connectivity index (χ0) is 80.9. The standard InChI is InChI=1S/C82H109N15O13S/c1-45(2)35-62-82(110)97-34-22-29-65(97)76(104)88-60(36-53-30-32-55(33-31-53)54-25-18-15-19-26-54)74(102)93-68(46(3)4)78(106)89-61(38-56-40-84-59-28-21-20-27-58(56)59)75(103)94-69(47(5)6)80(108)92-64(71(99)49(9)10)42-111-43-67(98)86-50(11)72(100)87-51(12)73(101)90-63(39-57-41-83-44-85-57)81(109)96(13)66(37-52-23-16-14-17-24-52)77(105)95-70(48(7)8)79(107)91-62/h14-21,23-28,30-33,40-41,44-51,60-66,68-70,84H,22,29,34-39,42-43H2,1-13H3,(H,83,85)(H,86,98)(H,87,100)(H,88,104)(H,89,106)(H,90,101)(H,91,107)(H,92,108)(H,93,102)(H,94,103)(H,95,105)/t50-,51-,60-,61-,62-,63-,64-,65-,66-,68?,69?,70-/m0/s1. The summed E-state index contributed by atoms with van der Waals surface area (Å²) in [5.41, 5.74) is 4.82. The van der Waals surface area contributed by atoms with E-state index in [-0.39, 0.29) is 68.3 Å². The highest BCUT2D eigenvalue weighted by atomic mass is 32.2. The fourth-order valence-corrected chi connectivity index (χ4v) is 14.5. The van der Waals surface area contributed by atoms with Crippen LogP contribution in [0.1, 0.15) is 125 Å². The van der Waals surface area contributed by atoms with Crippen LogP contribution in [0, 0.1) is 29.6 Å². The molecule has 12 atom stereocenters. The van der Waals surface area contributed by atoms with E-state index in [1.807, 2.05) is 92.7 Å². The van der Waals surface area contributed by atoms with Gasteiger partial charge < -0.3 is 72.9 Å². The minimum atomic E-state index is -1.40. The van der Waals surface area contributed by atoms with Gasteiger partial charge in [-0.2, -0.15) is 0 Å². The van der Waals surface area contributed by atoms with Crippen LogP contribution in [0.25, 0.3) is 22.0 Å². The lowest BCUT2D eigenvalue weighted by molar-refractivity contribution is -0.144. The summed E-state index contributed by atoms with van der Waals surface area (Å²) >= 11 is 0.993. The Hall–Kier alpha value is -10.7. The van der Waals surface area contributed by atoms with Crippen LogP contribution in [-0.2, 0) is 88.0 Å². The summed E-state index contributed by atoms with van der Waals surface area (Å²) in [6, 6.07) is 17.7. The molecule has 29 heteroatoms. The van der Waals surface area contributed by atoms with Crippen LogP contribution in [-0.4, -0.2) is 199 Å². The number of nitrogens with zero attached hydrogens (tertiary/aromatic N) is 3. The Morgan fingerprint density at radius 3 is 1.61 bits per heavy atom. The second-order valence-electron chi connectivity index (χ2n) is 30.7. The van der Waals surface area contributed by atoms with Crippen LogP contribution in [0.4, 0.5) is 0 Å². The van der Waals surface area contributed by atoms with Gasteiger partial charge in [-0.05, 0) is 90.7 Å². The van der Waals surface area contributed by atoms with Gasteiger partial charge in [0.2, 0.25) is 70.9 Å². The second-order valence-corrected chi connectivity index (χ2v) is 31.7. The normalized spacial score (nSPS) is 24.5. The first kappa shape index (κ1) is 85.9. The third-order valence-electron chi connectivity index (χ3n) is 20.0. The van der Waals surface area contributed by atoms with E-state index in [1.54, 1.807) is 91.9 Å². The number of rotatable bonds is 16. The Labute approximate surface area is 653 Å². The Kier molecular flexibility index (Phi) is 31.2. The number of likely N-dealkylation sites (N-methyl/N-ethyl adjacent to an activating group) is 1. The molecule has 0 saturated carbocycles. The van der Waals surface area contributed by atoms with Crippen molar-refractivity contribution in [3.8, 4) is 11.1 Å². The second kappa shape index (κ2) is 40.3. The number of amides is 12. The molecule has 12 amide bonds. The van der Waals surface area contributed by atoms with Gasteiger partial charge in [-0.15, -0.1) is 11.8 Å². The molecule has 2 saturated heterocycles. The number of fused-ring (bicyclic) bond motifs is 2. The van der Waals surface area contributed by atoms with E-state index in [0.717, 1.165) is 33.8 Å². The van der Waals surface area contributed by atoms with Crippen LogP contribution in [0.5, 0.6) is 0 Å². The molecule has 596 valence electrons. The van der Waals surface area contributed by atoms with Gasteiger partial charge in [0.15, 0.2) is 5.78 Å². The van der Waals surface area contributed by atoms with Crippen molar-refractivity contribution >= 4 is 99.3 Å². The Morgan fingerprint density at radius 1 is 0.495 bits per heavy atom. The zero-order valence-electron chi connectivity index (χ0n) is 65.6. The smallest absolute Gasteiger partial charge is 0.245 e. The molecule has 0 radical (unpaired) electrons. The van der Waals surface area contributed by atoms with Crippen molar-refractivity contribution in [2.24, 2.45) is 29.6 Å². The molecule has 12 N–H and O–H groups in total. The quantitative estimate of drug-likeness (QED) is 0.0634. The van der Waals surface area contributed by atoms with Crippen LogP contribution in [0.2, 0.25) is 0 Å². The van der Waals surface area contributed by atoms with E-state index in [2.05, 4.69) is 68.1 Å². The molecule has 6 aromatic rings. The maximum Gasteiger partial charge on any atom is 0.245 e. The van der Waals surface area contributed by atoms with Gasteiger partial charge in [-0.3, -0.25) is 62.3 Å².